The quantitative estimate of drug-likeness (QED) is 0.343. The molecule has 0 aromatic heterocycles. The van der Waals surface area contributed by atoms with Crippen LogP contribution in [-0.2, 0) is 26.2 Å². The fourth-order valence-electron chi connectivity index (χ4n) is 3.43. The van der Waals surface area contributed by atoms with Crippen molar-refractivity contribution >= 4 is 44.8 Å². The summed E-state index contributed by atoms with van der Waals surface area (Å²) in [5.74, 6) is -1.07. The van der Waals surface area contributed by atoms with Gasteiger partial charge in [-0.25, -0.2) is 8.42 Å². The molecule has 0 saturated carbocycles. The number of aryl methyl sites for hydroxylation is 1. The van der Waals surface area contributed by atoms with Gasteiger partial charge < -0.3 is 10.2 Å². The molecule has 1 N–H and O–H groups in total. The van der Waals surface area contributed by atoms with Crippen LogP contribution in [0.4, 0.5) is 11.4 Å². The van der Waals surface area contributed by atoms with Gasteiger partial charge in [0.2, 0.25) is 21.8 Å². The molecule has 2 amide bonds. The maximum atomic E-state index is 13.6. The molecular weight excluding hydrogens is 508 g/mol. The van der Waals surface area contributed by atoms with Crippen LogP contribution < -0.4 is 9.62 Å². The van der Waals surface area contributed by atoms with Crippen molar-refractivity contribution in [3.05, 3.63) is 68.7 Å². The lowest BCUT2D eigenvalue weighted by atomic mass is 10.1. The number of rotatable bonds is 11. The average Bonchev–Trinajstić information content (AvgIpc) is 2.80. The highest BCUT2D eigenvalue weighted by Gasteiger charge is 2.31. The first kappa shape index (κ1) is 29.1. The summed E-state index contributed by atoms with van der Waals surface area (Å²) in [5.41, 5.74) is 0.701. The van der Waals surface area contributed by atoms with Crippen molar-refractivity contribution in [1.82, 2.24) is 10.2 Å². The van der Waals surface area contributed by atoms with Gasteiger partial charge in [0.15, 0.2) is 0 Å². The third-order valence-corrected chi connectivity index (χ3v) is 7.31. The molecule has 2 unspecified atom stereocenters. The lowest BCUT2D eigenvalue weighted by molar-refractivity contribution is -0.384. The van der Waals surface area contributed by atoms with Crippen LogP contribution in [0.2, 0.25) is 5.02 Å². The van der Waals surface area contributed by atoms with Crippen molar-refractivity contribution in [2.24, 2.45) is 0 Å². The zero-order valence-corrected chi connectivity index (χ0v) is 22.5. The van der Waals surface area contributed by atoms with E-state index in [1.54, 1.807) is 38.1 Å². The number of nitrogens with one attached hydrogen (secondary N) is 1. The van der Waals surface area contributed by atoms with E-state index in [1.165, 1.54) is 17.0 Å². The highest BCUT2D eigenvalue weighted by atomic mass is 35.5. The molecule has 0 fully saturated rings. The lowest BCUT2D eigenvalue weighted by Gasteiger charge is -2.32. The largest absolute Gasteiger partial charge is 0.352 e. The molecule has 0 aliphatic carbocycles. The summed E-state index contributed by atoms with van der Waals surface area (Å²) in [7, 11) is -4.02. The van der Waals surface area contributed by atoms with E-state index in [9.17, 15) is 28.1 Å². The van der Waals surface area contributed by atoms with Gasteiger partial charge in [0.1, 0.15) is 12.6 Å². The van der Waals surface area contributed by atoms with Gasteiger partial charge in [-0.1, -0.05) is 42.8 Å². The topological polar surface area (TPSA) is 130 Å². The van der Waals surface area contributed by atoms with E-state index in [0.717, 1.165) is 16.6 Å². The Morgan fingerprint density at radius 3 is 2.36 bits per heavy atom. The summed E-state index contributed by atoms with van der Waals surface area (Å²) in [6.45, 7) is 6.18. The van der Waals surface area contributed by atoms with Gasteiger partial charge in [-0.15, -0.1) is 0 Å². The average molecular weight is 539 g/mol. The number of benzene rings is 2. The predicted octanol–water partition coefficient (Wildman–Crippen LogP) is 3.65. The van der Waals surface area contributed by atoms with Crippen LogP contribution in [0, 0.1) is 17.0 Å². The molecule has 0 bridgehead atoms. The summed E-state index contributed by atoms with van der Waals surface area (Å²) in [6.07, 6.45) is 1.60. The van der Waals surface area contributed by atoms with Crippen LogP contribution in [-0.4, -0.2) is 54.9 Å². The molecule has 2 rings (SSSR count). The molecule has 2 aromatic rings. The molecule has 196 valence electrons. The second-order valence-electron chi connectivity index (χ2n) is 8.60. The Hall–Kier alpha value is -3.18. The number of non-ortho nitro benzene ring substituents is 1. The van der Waals surface area contributed by atoms with Crippen molar-refractivity contribution in [2.45, 2.75) is 52.7 Å². The molecule has 2 aromatic carbocycles. The highest BCUT2D eigenvalue weighted by Crippen LogP contribution is 2.28. The van der Waals surface area contributed by atoms with Gasteiger partial charge in [0.25, 0.3) is 5.69 Å². The maximum absolute atomic E-state index is 13.6. The Kier molecular flexibility index (Phi) is 9.83. The van der Waals surface area contributed by atoms with Crippen LogP contribution in [0.5, 0.6) is 0 Å². The van der Waals surface area contributed by atoms with Crippen molar-refractivity contribution in [3.63, 3.8) is 0 Å². The number of carbonyl (C=O) groups excluding carboxylic acids is 2. The minimum Gasteiger partial charge on any atom is -0.352 e. The van der Waals surface area contributed by atoms with Crippen molar-refractivity contribution in [1.29, 1.82) is 0 Å². The Labute approximate surface area is 216 Å². The standard InChI is InChI=1S/C24H31ClN4O6S/c1-6-17(3)26-24(31)18(4)27(14-19-9-7-8-10-21(19)25)23(30)15-28(36(5,34)35)22-13-20(29(32)33)12-11-16(22)2/h7-13,17-18H,6,14-15H2,1-5H3,(H,26,31). The van der Waals surface area contributed by atoms with E-state index in [1.807, 2.05) is 13.8 Å². The van der Waals surface area contributed by atoms with Crippen LogP contribution in [0.3, 0.4) is 0 Å². The number of hydrogen-bond donors (Lipinski definition) is 1. The van der Waals surface area contributed by atoms with Gasteiger partial charge >= 0.3 is 0 Å². The number of carbonyl (C=O) groups is 2. The number of sulfonamides is 1. The van der Waals surface area contributed by atoms with Crippen LogP contribution in [0.1, 0.15) is 38.3 Å². The van der Waals surface area contributed by atoms with Gasteiger partial charge in [-0.05, 0) is 44.4 Å². The van der Waals surface area contributed by atoms with Crippen molar-refractivity contribution < 1.29 is 22.9 Å². The Morgan fingerprint density at radius 1 is 1.17 bits per heavy atom. The summed E-state index contributed by atoms with van der Waals surface area (Å²) in [4.78, 5) is 38.4. The molecule has 0 spiro atoms. The summed E-state index contributed by atoms with van der Waals surface area (Å²) in [5, 5.41) is 14.5. The molecule has 0 radical (unpaired) electrons. The zero-order chi connectivity index (χ0) is 27.2. The first-order valence-electron chi connectivity index (χ1n) is 11.3. The van der Waals surface area contributed by atoms with E-state index in [0.29, 0.717) is 22.6 Å². The fraction of sp³-hybridized carbons (Fsp3) is 0.417. The predicted molar refractivity (Wildman–Crippen MR) is 139 cm³/mol. The first-order chi connectivity index (χ1) is 16.8. The maximum Gasteiger partial charge on any atom is 0.271 e. The molecule has 12 heteroatoms. The number of hydrogen-bond acceptors (Lipinski definition) is 6. The molecule has 0 heterocycles. The molecule has 0 aliphatic heterocycles. The van der Waals surface area contributed by atoms with E-state index in [-0.39, 0.29) is 24.0 Å². The van der Waals surface area contributed by atoms with Gasteiger partial charge in [0.05, 0.1) is 16.9 Å². The number of amides is 2. The molecule has 0 saturated heterocycles. The second kappa shape index (κ2) is 12.2. The number of nitro groups is 1. The minimum atomic E-state index is -4.02. The molecular formula is C24H31ClN4O6S. The SMILES string of the molecule is CCC(C)NC(=O)C(C)N(Cc1ccccc1Cl)C(=O)CN(c1cc([N+](=O)[O-])ccc1C)S(C)(=O)=O. The Bertz CT molecular complexity index is 1240. The van der Waals surface area contributed by atoms with E-state index in [4.69, 9.17) is 11.6 Å². The van der Waals surface area contributed by atoms with E-state index in [2.05, 4.69) is 5.32 Å². The Balaban J connectivity index is 2.49. The van der Waals surface area contributed by atoms with Gasteiger partial charge in [-0.2, -0.15) is 0 Å². The van der Waals surface area contributed by atoms with Crippen LogP contribution >= 0.6 is 11.6 Å². The number of nitrogens with zero attached hydrogens (tertiary/aromatic N) is 3. The molecule has 0 aliphatic rings. The summed E-state index contributed by atoms with van der Waals surface area (Å²) < 4.78 is 26.2. The van der Waals surface area contributed by atoms with Gasteiger partial charge in [-0.3, -0.25) is 24.0 Å². The highest BCUT2D eigenvalue weighted by molar-refractivity contribution is 7.92. The lowest BCUT2D eigenvalue weighted by Crippen LogP contribution is -2.52. The first-order valence-corrected chi connectivity index (χ1v) is 13.5. The number of anilines is 1. The smallest absolute Gasteiger partial charge is 0.271 e. The van der Waals surface area contributed by atoms with Crippen molar-refractivity contribution in [2.75, 3.05) is 17.1 Å². The zero-order valence-electron chi connectivity index (χ0n) is 20.9. The fourth-order valence-corrected chi connectivity index (χ4v) is 4.53. The van der Waals surface area contributed by atoms with E-state index >= 15 is 0 Å². The van der Waals surface area contributed by atoms with Crippen LogP contribution in [0.25, 0.3) is 0 Å². The molecule has 36 heavy (non-hydrogen) atoms. The number of nitro benzene ring substituents is 1. The third-order valence-electron chi connectivity index (χ3n) is 5.82. The van der Waals surface area contributed by atoms with Crippen molar-refractivity contribution in [3.8, 4) is 0 Å². The Morgan fingerprint density at radius 2 is 1.81 bits per heavy atom. The monoisotopic (exact) mass is 538 g/mol. The second-order valence-corrected chi connectivity index (χ2v) is 10.9. The summed E-state index contributed by atoms with van der Waals surface area (Å²) >= 11 is 6.30. The minimum absolute atomic E-state index is 0.00875. The summed E-state index contributed by atoms with van der Waals surface area (Å²) in [6, 6.07) is 9.54. The number of halogens is 1. The van der Waals surface area contributed by atoms with E-state index < -0.39 is 39.3 Å². The van der Waals surface area contributed by atoms with Gasteiger partial charge in [0, 0.05) is 29.7 Å². The third kappa shape index (κ3) is 7.41. The normalized spacial score (nSPS) is 12.9. The molecule has 2 atom stereocenters. The van der Waals surface area contributed by atoms with Crippen LogP contribution in [0.15, 0.2) is 42.5 Å². The molecule has 10 nitrogen and oxygen atoms in total.